The van der Waals surface area contributed by atoms with E-state index in [0.29, 0.717) is 29.5 Å². The molecule has 7 heteroatoms. The topological polar surface area (TPSA) is 76.0 Å². The maximum absolute atomic E-state index is 12.5. The van der Waals surface area contributed by atoms with Crippen LogP contribution < -0.4 is 0 Å². The smallest absolute Gasteiger partial charge is 0.433 e. The van der Waals surface area contributed by atoms with Gasteiger partial charge in [0.2, 0.25) is 0 Å². The second-order valence-corrected chi connectivity index (χ2v) is 10.6. The Balaban J connectivity index is 1.43. The number of hydrogen-bond donors (Lipinski definition) is 0. The SMILES string of the molecule is C[C@]12CC[C@@H](OC(=O)N(CCCl)N=O)C[C@H]1CC[C@@H]1[C@@H]2CC[C@]2(C)C(=O)CC[C@@H]12. The highest BCUT2D eigenvalue weighted by molar-refractivity contribution is 6.18. The van der Waals surface area contributed by atoms with Gasteiger partial charge in [0, 0.05) is 17.7 Å². The van der Waals surface area contributed by atoms with Gasteiger partial charge in [-0.2, -0.15) is 5.01 Å². The van der Waals surface area contributed by atoms with E-state index in [4.69, 9.17) is 16.3 Å². The molecule has 0 aromatic heterocycles. The average molecular weight is 425 g/mol. The van der Waals surface area contributed by atoms with Gasteiger partial charge in [0.25, 0.3) is 0 Å². The fourth-order valence-corrected chi connectivity index (χ4v) is 7.71. The number of halogens is 1. The number of Topliss-reactive ketones (excluding diaryl/α,β-unsaturated/α-hetero) is 1. The molecule has 0 aliphatic heterocycles. The lowest BCUT2D eigenvalue weighted by atomic mass is 9.45. The van der Waals surface area contributed by atoms with E-state index in [1.807, 2.05) is 0 Å². The van der Waals surface area contributed by atoms with E-state index >= 15 is 0 Å². The molecule has 0 radical (unpaired) electrons. The first-order chi connectivity index (χ1) is 13.8. The van der Waals surface area contributed by atoms with E-state index in [1.54, 1.807) is 0 Å². The zero-order valence-corrected chi connectivity index (χ0v) is 18.3. The standard InChI is InChI=1S/C22H33ClN2O4/c1-21-9-7-15(29-20(27)25(24-28)12-11-23)13-14(21)3-4-16-17-5-6-19(26)22(17,2)10-8-18(16)21/h14-18H,3-13H2,1-2H3/t14-,15-,16+,17+,18+,21+,22+/m1/s1. The van der Waals surface area contributed by atoms with Crippen molar-refractivity contribution in [3.05, 3.63) is 4.91 Å². The fourth-order valence-electron chi connectivity index (χ4n) is 7.55. The molecule has 0 aromatic rings. The Morgan fingerprint density at radius 1 is 1.17 bits per heavy atom. The molecular weight excluding hydrogens is 392 g/mol. The number of fused-ring (bicyclic) bond motifs is 5. The van der Waals surface area contributed by atoms with Crippen molar-refractivity contribution in [3.8, 4) is 0 Å². The molecule has 4 saturated carbocycles. The number of carbonyl (C=O) groups is 2. The lowest BCUT2D eigenvalue weighted by molar-refractivity contribution is -0.142. The molecule has 0 heterocycles. The molecule has 0 bridgehead atoms. The number of hydrogen-bond acceptors (Lipinski definition) is 5. The summed E-state index contributed by atoms with van der Waals surface area (Å²) in [6.07, 6.45) is 8.26. The zero-order valence-electron chi connectivity index (χ0n) is 17.6. The van der Waals surface area contributed by atoms with Crippen molar-refractivity contribution in [2.45, 2.75) is 77.7 Å². The van der Waals surface area contributed by atoms with Crippen molar-refractivity contribution in [1.82, 2.24) is 5.01 Å². The van der Waals surface area contributed by atoms with Crippen molar-refractivity contribution in [3.63, 3.8) is 0 Å². The van der Waals surface area contributed by atoms with Gasteiger partial charge in [-0.15, -0.1) is 16.5 Å². The molecule has 4 aliphatic rings. The van der Waals surface area contributed by atoms with Crippen molar-refractivity contribution in [1.29, 1.82) is 0 Å². The van der Waals surface area contributed by atoms with Crippen LogP contribution in [0.15, 0.2) is 5.29 Å². The van der Waals surface area contributed by atoms with Gasteiger partial charge in [-0.25, -0.2) is 4.79 Å². The van der Waals surface area contributed by atoms with Gasteiger partial charge in [0.05, 0.1) is 11.8 Å². The predicted octanol–water partition coefficient (Wildman–Crippen LogP) is 5.33. The second kappa shape index (κ2) is 7.82. The third-order valence-electron chi connectivity index (χ3n) is 9.20. The molecule has 7 atom stereocenters. The molecule has 6 nitrogen and oxygen atoms in total. The first-order valence-corrected chi connectivity index (χ1v) is 11.8. The first kappa shape index (κ1) is 21.1. The molecule has 0 N–H and O–H groups in total. The lowest BCUT2D eigenvalue weighted by Crippen LogP contribution is -2.54. The molecule has 29 heavy (non-hydrogen) atoms. The van der Waals surface area contributed by atoms with E-state index in [0.717, 1.165) is 56.4 Å². The molecule has 4 fully saturated rings. The lowest BCUT2D eigenvalue weighted by Gasteiger charge is -2.60. The predicted molar refractivity (Wildman–Crippen MR) is 110 cm³/mol. The Bertz CT molecular complexity index is 688. The Morgan fingerprint density at radius 3 is 2.69 bits per heavy atom. The summed E-state index contributed by atoms with van der Waals surface area (Å²) in [4.78, 5) is 35.6. The van der Waals surface area contributed by atoms with Crippen LogP contribution in [0.25, 0.3) is 0 Å². The van der Waals surface area contributed by atoms with Crippen LogP contribution in [0.2, 0.25) is 0 Å². The summed E-state index contributed by atoms with van der Waals surface area (Å²) in [5.74, 6) is 3.07. The Morgan fingerprint density at radius 2 is 1.97 bits per heavy atom. The Hall–Kier alpha value is -1.17. The summed E-state index contributed by atoms with van der Waals surface area (Å²) in [7, 11) is 0. The van der Waals surface area contributed by atoms with Crippen molar-refractivity contribution in [2.75, 3.05) is 12.4 Å². The largest absolute Gasteiger partial charge is 0.445 e. The van der Waals surface area contributed by atoms with Gasteiger partial charge < -0.3 is 4.74 Å². The molecule has 0 saturated heterocycles. The number of ketones is 1. The number of rotatable bonds is 4. The van der Waals surface area contributed by atoms with Gasteiger partial charge in [-0.05, 0) is 80.5 Å². The summed E-state index contributed by atoms with van der Waals surface area (Å²) in [5.41, 5.74) is 0.183. The van der Waals surface area contributed by atoms with Gasteiger partial charge in [-0.3, -0.25) is 4.79 Å². The second-order valence-electron chi connectivity index (χ2n) is 10.2. The number of ether oxygens (including phenoxy) is 1. The highest BCUT2D eigenvalue weighted by Gasteiger charge is 2.60. The van der Waals surface area contributed by atoms with Crippen LogP contribution >= 0.6 is 11.6 Å². The van der Waals surface area contributed by atoms with Crippen LogP contribution in [0, 0.1) is 39.4 Å². The maximum atomic E-state index is 12.5. The molecule has 4 aliphatic carbocycles. The molecular formula is C22H33ClN2O4. The normalized spacial score (nSPS) is 43.7. The number of amides is 1. The number of nitroso groups, excluding NO2 is 1. The van der Waals surface area contributed by atoms with Gasteiger partial charge in [-0.1, -0.05) is 13.8 Å². The Kier molecular flexibility index (Phi) is 5.69. The van der Waals surface area contributed by atoms with Crippen molar-refractivity contribution >= 4 is 23.5 Å². The Labute approximate surface area is 178 Å². The monoisotopic (exact) mass is 424 g/mol. The van der Waals surface area contributed by atoms with E-state index < -0.39 is 6.09 Å². The van der Waals surface area contributed by atoms with E-state index in [9.17, 15) is 14.5 Å². The van der Waals surface area contributed by atoms with Crippen LogP contribution in [-0.4, -0.2) is 35.4 Å². The summed E-state index contributed by atoms with van der Waals surface area (Å²) in [5, 5.41) is 3.51. The third-order valence-corrected chi connectivity index (χ3v) is 9.37. The molecule has 4 rings (SSSR count). The van der Waals surface area contributed by atoms with Gasteiger partial charge >= 0.3 is 6.09 Å². The van der Waals surface area contributed by atoms with E-state index in [2.05, 4.69) is 19.1 Å². The van der Waals surface area contributed by atoms with Gasteiger partial charge in [0.15, 0.2) is 0 Å². The molecule has 0 aromatic carbocycles. The number of alkyl halides is 1. The number of carbonyl (C=O) groups excluding carboxylic acids is 2. The summed E-state index contributed by atoms with van der Waals surface area (Å²) in [6.45, 7) is 4.74. The van der Waals surface area contributed by atoms with Crippen LogP contribution in [0.3, 0.4) is 0 Å². The minimum Gasteiger partial charge on any atom is -0.445 e. The molecule has 1 amide bonds. The molecule has 162 valence electrons. The minimum absolute atomic E-state index is 0.0698. The van der Waals surface area contributed by atoms with Crippen molar-refractivity contribution < 1.29 is 14.3 Å². The van der Waals surface area contributed by atoms with Crippen LogP contribution in [0.1, 0.15) is 71.6 Å². The summed E-state index contributed by atoms with van der Waals surface area (Å²) < 4.78 is 5.62. The van der Waals surface area contributed by atoms with E-state index in [-0.39, 0.29) is 29.4 Å². The summed E-state index contributed by atoms with van der Waals surface area (Å²) in [6, 6.07) is 0. The molecule has 0 unspecified atom stereocenters. The van der Waals surface area contributed by atoms with Crippen molar-refractivity contribution in [2.24, 2.45) is 39.8 Å². The highest BCUT2D eigenvalue weighted by atomic mass is 35.5. The molecule has 0 spiro atoms. The average Bonchev–Trinajstić information content (AvgIpc) is 3.01. The van der Waals surface area contributed by atoms with Crippen LogP contribution in [-0.2, 0) is 9.53 Å². The minimum atomic E-state index is -0.680. The zero-order chi connectivity index (χ0) is 20.8. The fraction of sp³-hybridized carbons (Fsp3) is 0.909. The summed E-state index contributed by atoms with van der Waals surface area (Å²) >= 11 is 5.62. The maximum Gasteiger partial charge on any atom is 0.433 e. The van der Waals surface area contributed by atoms with Crippen LogP contribution in [0.5, 0.6) is 0 Å². The highest BCUT2D eigenvalue weighted by Crippen LogP contribution is 2.65. The quantitative estimate of drug-likeness (QED) is 0.347. The third kappa shape index (κ3) is 3.39. The van der Waals surface area contributed by atoms with Gasteiger partial charge in [0.1, 0.15) is 11.9 Å². The van der Waals surface area contributed by atoms with E-state index in [1.165, 1.54) is 6.42 Å². The van der Waals surface area contributed by atoms with Crippen LogP contribution in [0.4, 0.5) is 4.79 Å². The number of nitrogens with zero attached hydrogens (tertiary/aromatic N) is 2. The first-order valence-electron chi connectivity index (χ1n) is 11.2.